The van der Waals surface area contributed by atoms with Gasteiger partial charge in [-0.2, -0.15) is 0 Å². The number of rotatable bonds is 2. The Morgan fingerprint density at radius 2 is 2.13 bits per heavy atom. The lowest BCUT2D eigenvalue weighted by Gasteiger charge is -2.00. The molecular weight excluding hydrogens is 262 g/mol. The molecule has 15 heavy (non-hydrogen) atoms. The standard InChI is InChI=1S/C10H8BrNO3/c11-6-2-1-5-3-8(9(13)10(14)15)12-7(5)4-6/h1-4,9,12-13H,(H,14,15). The average molecular weight is 270 g/mol. The first-order valence-corrected chi connectivity index (χ1v) is 5.06. The number of aliphatic hydroxyl groups is 1. The minimum Gasteiger partial charge on any atom is -0.479 e. The molecule has 1 unspecified atom stereocenters. The number of aromatic nitrogens is 1. The summed E-state index contributed by atoms with van der Waals surface area (Å²) in [5, 5.41) is 18.8. The minimum absolute atomic E-state index is 0.288. The SMILES string of the molecule is O=C(O)C(O)c1cc2ccc(Br)cc2[nH]1. The number of H-pyrrole nitrogens is 1. The van der Waals surface area contributed by atoms with Crippen LogP contribution in [0.2, 0.25) is 0 Å². The van der Waals surface area contributed by atoms with Crippen LogP contribution in [0.25, 0.3) is 10.9 Å². The summed E-state index contributed by atoms with van der Waals surface area (Å²) in [5.74, 6) is -1.26. The van der Waals surface area contributed by atoms with Crippen molar-refractivity contribution < 1.29 is 15.0 Å². The van der Waals surface area contributed by atoms with Crippen LogP contribution in [0.15, 0.2) is 28.7 Å². The van der Waals surface area contributed by atoms with Crippen molar-refractivity contribution in [1.29, 1.82) is 0 Å². The number of benzene rings is 1. The van der Waals surface area contributed by atoms with Crippen LogP contribution < -0.4 is 0 Å². The van der Waals surface area contributed by atoms with Gasteiger partial charge in [0, 0.05) is 9.99 Å². The number of aromatic amines is 1. The van der Waals surface area contributed by atoms with E-state index in [1.165, 1.54) is 0 Å². The summed E-state index contributed by atoms with van der Waals surface area (Å²) >= 11 is 3.31. The van der Waals surface area contributed by atoms with Crippen LogP contribution in [0.1, 0.15) is 11.8 Å². The predicted octanol–water partition coefficient (Wildman–Crippen LogP) is 2.05. The first kappa shape index (κ1) is 10.2. The fourth-order valence-corrected chi connectivity index (χ4v) is 1.76. The molecule has 0 amide bonds. The molecule has 1 heterocycles. The second-order valence-electron chi connectivity index (χ2n) is 3.20. The molecule has 1 aromatic carbocycles. The molecule has 1 aromatic heterocycles. The number of halogens is 1. The summed E-state index contributed by atoms with van der Waals surface area (Å²) in [6.45, 7) is 0. The maximum Gasteiger partial charge on any atom is 0.338 e. The van der Waals surface area contributed by atoms with Gasteiger partial charge in [-0.3, -0.25) is 0 Å². The molecule has 0 spiro atoms. The van der Waals surface area contributed by atoms with Gasteiger partial charge in [-0.15, -0.1) is 0 Å². The maximum atomic E-state index is 10.6. The van der Waals surface area contributed by atoms with E-state index in [9.17, 15) is 9.90 Å². The normalized spacial score (nSPS) is 12.9. The minimum atomic E-state index is -1.50. The number of hydrogen-bond acceptors (Lipinski definition) is 2. The fourth-order valence-electron chi connectivity index (χ4n) is 1.40. The third-order valence-corrected chi connectivity index (χ3v) is 2.63. The van der Waals surface area contributed by atoms with Crippen LogP contribution in [0, 0.1) is 0 Å². The third-order valence-electron chi connectivity index (χ3n) is 2.13. The number of aliphatic hydroxyl groups excluding tert-OH is 1. The molecule has 0 aliphatic heterocycles. The van der Waals surface area contributed by atoms with Crippen molar-refractivity contribution >= 4 is 32.8 Å². The maximum absolute atomic E-state index is 10.6. The van der Waals surface area contributed by atoms with Crippen LogP contribution in [0.4, 0.5) is 0 Å². The lowest BCUT2D eigenvalue weighted by molar-refractivity contribution is -0.147. The van der Waals surface area contributed by atoms with E-state index in [0.717, 1.165) is 15.4 Å². The van der Waals surface area contributed by atoms with Crippen LogP contribution in [-0.2, 0) is 4.79 Å². The first-order chi connectivity index (χ1) is 7.08. The third kappa shape index (κ3) is 1.88. The largest absolute Gasteiger partial charge is 0.479 e. The number of carbonyl (C=O) groups is 1. The predicted molar refractivity (Wildman–Crippen MR) is 58.6 cm³/mol. The first-order valence-electron chi connectivity index (χ1n) is 4.27. The number of carboxylic acids is 1. The highest BCUT2D eigenvalue weighted by atomic mass is 79.9. The zero-order valence-electron chi connectivity index (χ0n) is 7.57. The van der Waals surface area contributed by atoms with Crippen molar-refractivity contribution in [2.45, 2.75) is 6.10 Å². The van der Waals surface area contributed by atoms with Gasteiger partial charge in [-0.25, -0.2) is 4.79 Å². The Morgan fingerprint density at radius 1 is 1.40 bits per heavy atom. The van der Waals surface area contributed by atoms with Gasteiger partial charge in [0.15, 0.2) is 6.10 Å². The van der Waals surface area contributed by atoms with Crippen LogP contribution >= 0.6 is 15.9 Å². The Balaban J connectivity index is 2.51. The molecule has 0 saturated heterocycles. The summed E-state index contributed by atoms with van der Waals surface area (Å²) in [4.78, 5) is 13.4. The summed E-state index contributed by atoms with van der Waals surface area (Å²) in [5.41, 5.74) is 1.08. The van der Waals surface area contributed by atoms with E-state index in [1.807, 2.05) is 18.2 Å². The van der Waals surface area contributed by atoms with E-state index in [0.29, 0.717) is 0 Å². The number of nitrogens with one attached hydrogen (secondary N) is 1. The van der Waals surface area contributed by atoms with E-state index in [4.69, 9.17) is 5.11 Å². The quantitative estimate of drug-likeness (QED) is 0.781. The van der Waals surface area contributed by atoms with Gasteiger partial charge in [-0.1, -0.05) is 22.0 Å². The Morgan fingerprint density at radius 3 is 2.80 bits per heavy atom. The smallest absolute Gasteiger partial charge is 0.338 e. The van der Waals surface area contributed by atoms with Crippen molar-refractivity contribution in [1.82, 2.24) is 4.98 Å². The van der Waals surface area contributed by atoms with Gasteiger partial charge in [0.25, 0.3) is 0 Å². The molecule has 1 atom stereocenters. The summed E-state index contributed by atoms with van der Waals surface area (Å²) in [7, 11) is 0. The van der Waals surface area contributed by atoms with Crippen LogP contribution in [-0.4, -0.2) is 21.2 Å². The summed E-state index contributed by atoms with van der Waals surface area (Å²) < 4.78 is 0.896. The molecule has 0 aliphatic carbocycles. The topological polar surface area (TPSA) is 73.3 Å². The number of fused-ring (bicyclic) bond motifs is 1. The van der Waals surface area contributed by atoms with Gasteiger partial charge in [0.2, 0.25) is 0 Å². The average Bonchev–Trinajstić information content (AvgIpc) is 2.58. The molecule has 0 bridgehead atoms. The molecule has 0 fully saturated rings. The van der Waals surface area contributed by atoms with Crippen molar-refractivity contribution in [2.24, 2.45) is 0 Å². The van der Waals surface area contributed by atoms with E-state index in [-0.39, 0.29) is 5.69 Å². The molecular formula is C10H8BrNO3. The highest BCUT2D eigenvalue weighted by molar-refractivity contribution is 9.10. The van der Waals surface area contributed by atoms with Crippen molar-refractivity contribution in [3.63, 3.8) is 0 Å². The van der Waals surface area contributed by atoms with Crippen LogP contribution in [0.5, 0.6) is 0 Å². The van der Waals surface area contributed by atoms with E-state index in [1.54, 1.807) is 6.07 Å². The van der Waals surface area contributed by atoms with Gasteiger partial charge < -0.3 is 15.2 Å². The molecule has 4 nitrogen and oxygen atoms in total. The van der Waals surface area contributed by atoms with Gasteiger partial charge >= 0.3 is 5.97 Å². The number of hydrogen-bond donors (Lipinski definition) is 3. The molecule has 5 heteroatoms. The lowest BCUT2D eigenvalue weighted by atomic mass is 10.2. The summed E-state index contributed by atoms with van der Waals surface area (Å²) in [6, 6.07) is 7.15. The molecule has 2 aromatic rings. The highest BCUT2D eigenvalue weighted by Gasteiger charge is 2.17. The number of carboxylic acid groups (broad SMARTS) is 1. The monoisotopic (exact) mass is 269 g/mol. The van der Waals surface area contributed by atoms with E-state index in [2.05, 4.69) is 20.9 Å². The van der Waals surface area contributed by atoms with Crippen molar-refractivity contribution in [2.75, 3.05) is 0 Å². The van der Waals surface area contributed by atoms with Crippen molar-refractivity contribution in [3.8, 4) is 0 Å². The Kier molecular flexibility index (Phi) is 2.50. The van der Waals surface area contributed by atoms with Crippen molar-refractivity contribution in [3.05, 3.63) is 34.4 Å². The highest BCUT2D eigenvalue weighted by Crippen LogP contribution is 2.23. The lowest BCUT2D eigenvalue weighted by Crippen LogP contribution is -2.10. The molecule has 3 N–H and O–H groups in total. The summed E-state index contributed by atoms with van der Waals surface area (Å²) in [6.07, 6.45) is -1.50. The fraction of sp³-hybridized carbons (Fsp3) is 0.100. The van der Waals surface area contributed by atoms with Gasteiger partial charge in [0.05, 0.1) is 5.69 Å². The Hall–Kier alpha value is -1.33. The molecule has 0 aliphatic rings. The number of aliphatic carboxylic acids is 1. The van der Waals surface area contributed by atoms with Crippen LogP contribution in [0.3, 0.4) is 0 Å². The second-order valence-corrected chi connectivity index (χ2v) is 4.11. The molecule has 0 radical (unpaired) electrons. The molecule has 0 saturated carbocycles. The second kappa shape index (κ2) is 3.67. The van der Waals surface area contributed by atoms with Gasteiger partial charge in [0.1, 0.15) is 0 Å². The van der Waals surface area contributed by atoms with Gasteiger partial charge in [-0.05, 0) is 23.6 Å². The molecule has 78 valence electrons. The Bertz CT molecular complexity index is 520. The van der Waals surface area contributed by atoms with E-state index < -0.39 is 12.1 Å². The molecule has 2 rings (SSSR count). The Labute approximate surface area is 93.7 Å². The van der Waals surface area contributed by atoms with E-state index >= 15 is 0 Å². The zero-order chi connectivity index (χ0) is 11.0. The zero-order valence-corrected chi connectivity index (χ0v) is 9.15.